The van der Waals surface area contributed by atoms with Gasteiger partial charge in [-0.1, -0.05) is 23.7 Å². The van der Waals surface area contributed by atoms with Crippen LogP contribution in [-0.2, 0) is 5.75 Å². The highest BCUT2D eigenvalue weighted by Gasteiger charge is 2.08. The molecular formula is C13H15ClN2S2. The van der Waals surface area contributed by atoms with Gasteiger partial charge in [0.1, 0.15) is 5.01 Å². The third-order valence-electron chi connectivity index (χ3n) is 2.63. The summed E-state index contributed by atoms with van der Waals surface area (Å²) in [6, 6.07) is 8.21. The fourth-order valence-corrected chi connectivity index (χ4v) is 3.58. The van der Waals surface area contributed by atoms with Gasteiger partial charge in [0.15, 0.2) is 0 Å². The van der Waals surface area contributed by atoms with Crippen molar-refractivity contribution in [2.75, 3.05) is 7.05 Å². The Labute approximate surface area is 121 Å². The van der Waals surface area contributed by atoms with Crippen LogP contribution in [0.4, 0.5) is 0 Å². The molecule has 0 aliphatic rings. The van der Waals surface area contributed by atoms with Crippen LogP contribution in [0.1, 0.15) is 23.7 Å². The summed E-state index contributed by atoms with van der Waals surface area (Å²) in [7, 11) is 1.95. The first-order valence-electron chi connectivity index (χ1n) is 5.69. The van der Waals surface area contributed by atoms with Gasteiger partial charge >= 0.3 is 0 Å². The summed E-state index contributed by atoms with van der Waals surface area (Å²) in [6.07, 6.45) is 0. The maximum absolute atomic E-state index is 6.12. The quantitative estimate of drug-likeness (QED) is 0.830. The van der Waals surface area contributed by atoms with Crippen molar-refractivity contribution < 1.29 is 0 Å². The molecule has 0 spiro atoms. The minimum absolute atomic E-state index is 0.306. The first kappa shape index (κ1) is 13.9. The van der Waals surface area contributed by atoms with E-state index in [0.717, 1.165) is 26.4 Å². The summed E-state index contributed by atoms with van der Waals surface area (Å²) in [5, 5.41) is 7.25. The number of nitrogens with zero attached hydrogens (tertiary/aromatic N) is 1. The summed E-state index contributed by atoms with van der Waals surface area (Å²) in [6.45, 7) is 2.11. The predicted octanol–water partition coefficient (Wildman–Crippen LogP) is 4.37. The average Bonchev–Trinajstić information content (AvgIpc) is 2.86. The lowest BCUT2D eigenvalue weighted by Gasteiger charge is -2.05. The Hall–Kier alpha value is -0.550. The van der Waals surface area contributed by atoms with Crippen LogP contribution in [0.5, 0.6) is 0 Å². The van der Waals surface area contributed by atoms with E-state index < -0.39 is 0 Å². The molecule has 0 amide bonds. The summed E-state index contributed by atoms with van der Waals surface area (Å²) >= 11 is 9.55. The molecule has 5 heteroatoms. The number of hydrogen-bond donors (Lipinski definition) is 1. The fourth-order valence-electron chi connectivity index (χ4n) is 1.44. The number of halogens is 1. The second-order valence-electron chi connectivity index (χ2n) is 3.90. The molecule has 0 saturated carbocycles. The van der Waals surface area contributed by atoms with E-state index in [4.69, 9.17) is 11.6 Å². The van der Waals surface area contributed by atoms with Gasteiger partial charge in [0.2, 0.25) is 0 Å². The molecule has 1 aromatic carbocycles. The zero-order valence-electron chi connectivity index (χ0n) is 10.3. The first-order chi connectivity index (χ1) is 8.70. The fraction of sp³-hybridized carbons (Fsp3) is 0.308. The average molecular weight is 299 g/mol. The Morgan fingerprint density at radius 1 is 1.44 bits per heavy atom. The largest absolute Gasteiger partial charge is 0.312 e. The molecule has 1 unspecified atom stereocenters. The summed E-state index contributed by atoms with van der Waals surface area (Å²) < 4.78 is 0. The van der Waals surface area contributed by atoms with Crippen LogP contribution in [-0.4, -0.2) is 12.0 Å². The van der Waals surface area contributed by atoms with Gasteiger partial charge in [0.25, 0.3) is 0 Å². The first-order valence-corrected chi connectivity index (χ1v) is 7.94. The van der Waals surface area contributed by atoms with Crippen LogP contribution in [0.15, 0.2) is 34.5 Å². The van der Waals surface area contributed by atoms with Gasteiger partial charge in [0, 0.05) is 16.3 Å². The molecule has 0 bridgehead atoms. The monoisotopic (exact) mass is 298 g/mol. The van der Waals surface area contributed by atoms with Gasteiger partial charge in [-0.3, -0.25) is 0 Å². The van der Waals surface area contributed by atoms with Crippen LogP contribution >= 0.6 is 34.7 Å². The van der Waals surface area contributed by atoms with E-state index in [2.05, 4.69) is 22.6 Å². The lowest BCUT2D eigenvalue weighted by atomic mass is 10.3. The van der Waals surface area contributed by atoms with Crippen molar-refractivity contribution in [3.05, 3.63) is 45.4 Å². The number of aromatic nitrogens is 1. The zero-order valence-corrected chi connectivity index (χ0v) is 12.7. The molecule has 2 nitrogen and oxygen atoms in total. The van der Waals surface area contributed by atoms with Gasteiger partial charge in [-0.2, -0.15) is 0 Å². The van der Waals surface area contributed by atoms with E-state index in [1.54, 1.807) is 23.1 Å². The van der Waals surface area contributed by atoms with Crippen LogP contribution in [0, 0.1) is 0 Å². The number of nitrogens with one attached hydrogen (secondary N) is 1. The lowest BCUT2D eigenvalue weighted by molar-refractivity contribution is 0.635. The number of hydrogen-bond acceptors (Lipinski definition) is 4. The summed E-state index contributed by atoms with van der Waals surface area (Å²) in [5.74, 6) is 0.866. The van der Waals surface area contributed by atoms with E-state index in [1.165, 1.54) is 0 Å². The van der Waals surface area contributed by atoms with Crippen LogP contribution in [0.25, 0.3) is 0 Å². The number of thiazole rings is 1. The lowest BCUT2D eigenvalue weighted by Crippen LogP contribution is -2.12. The number of rotatable bonds is 5. The van der Waals surface area contributed by atoms with Gasteiger partial charge < -0.3 is 5.32 Å². The van der Waals surface area contributed by atoms with Gasteiger partial charge in [-0.15, -0.1) is 23.1 Å². The van der Waals surface area contributed by atoms with E-state index >= 15 is 0 Å². The molecule has 0 radical (unpaired) electrons. The van der Waals surface area contributed by atoms with Crippen molar-refractivity contribution in [3.63, 3.8) is 0 Å². The third-order valence-corrected chi connectivity index (χ3v) is 5.21. The van der Waals surface area contributed by atoms with E-state index in [0.29, 0.717) is 6.04 Å². The van der Waals surface area contributed by atoms with Gasteiger partial charge in [-0.25, -0.2) is 4.98 Å². The van der Waals surface area contributed by atoms with Gasteiger partial charge in [-0.05, 0) is 26.1 Å². The molecule has 0 saturated heterocycles. The van der Waals surface area contributed by atoms with Crippen molar-refractivity contribution in [2.45, 2.75) is 23.6 Å². The molecule has 1 aromatic heterocycles. The standard InChI is InChI=1S/C13H15ClN2S2/c1-9(15-2)11-7-18-13(16-11)8-17-12-6-4-3-5-10(12)14/h3-7,9,15H,8H2,1-2H3. The maximum Gasteiger partial charge on any atom is 0.103 e. The Bertz CT molecular complexity index is 513. The molecule has 1 N–H and O–H groups in total. The minimum Gasteiger partial charge on any atom is -0.312 e. The van der Waals surface area contributed by atoms with Crippen LogP contribution in [0.2, 0.25) is 5.02 Å². The van der Waals surface area contributed by atoms with Crippen molar-refractivity contribution >= 4 is 34.7 Å². The molecule has 1 atom stereocenters. The molecule has 1 heterocycles. The molecule has 96 valence electrons. The smallest absolute Gasteiger partial charge is 0.103 e. The molecule has 2 rings (SSSR count). The van der Waals surface area contributed by atoms with Crippen LogP contribution in [0.3, 0.4) is 0 Å². The molecule has 0 aliphatic heterocycles. The van der Waals surface area contributed by atoms with Crippen molar-refractivity contribution in [3.8, 4) is 0 Å². The molecule has 0 fully saturated rings. The van der Waals surface area contributed by atoms with Gasteiger partial charge in [0.05, 0.1) is 16.5 Å². The summed E-state index contributed by atoms with van der Waals surface area (Å²) in [4.78, 5) is 5.73. The molecule has 0 aliphatic carbocycles. The van der Waals surface area contributed by atoms with Crippen molar-refractivity contribution in [1.29, 1.82) is 0 Å². The van der Waals surface area contributed by atoms with Crippen molar-refractivity contribution in [2.24, 2.45) is 0 Å². The normalized spacial score (nSPS) is 12.6. The molecule has 18 heavy (non-hydrogen) atoms. The number of benzene rings is 1. The van der Waals surface area contributed by atoms with Crippen LogP contribution < -0.4 is 5.32 Å². The van der Waals surface area contributed by atoms with E-state index in [1.807, 2.05) is 31.3 Å². The third kappa shape index (κ3) is 3.48. The SMILES string of the molecule is CNC(C)c1csc(CSc2ccccc2Cl)n1. The van der Waals surface area contributed by atoms with Crippen molar-refractivity contribution in [1.82, 2.24) is 10.3 Å². The minimum atomic E-state index is 0.306. The highest BCUT2D eigenvalue weighted by atomic mass is 35.5. The zero-order chi connectivity index (χ0) is 13.0. The Balaban J connectivity index is 1.98. The van der Waals surface area contributed by atoms with E-state index in [9.17, 15) is 0 Å². The second-order valence-corrected chi connectivity index (χ2v) is 6.26. The highest BCUT2D eigenvalue weighted by Crippen LogP contribution is 2.30. The maximum atomic E-state index is 6.12. The predicted molar refractivity (Wildman–Crippen MR) is 80.6 cm³/mol. The Morgan fingerprint density at radius 3 is 2.94 bits per heavy atom. The Kier molecular flexibility index (Phi) is 5.06. The number of thioether (sulfide) groups is 1. The van der Waals surface area contributed by atoms with E-state index in [-0.39, 0.29) is 0 Å². The topological polar surface area (TPSA) is 24.9 Å². The summed E-state index contributed by atoms with van der Waals surface area (Å²) in [5.41, 5.74) is 1.11. The Morgan fingerprint density at radius 2 is 2.22 bits per heavy atom. The second kappa shape index (κ2) is 6.57. The molecular weight excluding hydrogens is 284 g/mol. The molecule has 2 aromatic rings. The highest BCUT2D eigenvalue weighted by molar-refractivity contribution is 7.98.